The highest BCUT2D eigenvalue weighted by atomic mass is 32.1. The zero-order chi connectivity index (χ0) is 17.9. The molecule has 1 fully saturated rings. The number of fused-ring (bicyclic) bond motifs is 1. The lowest BCUT2D eigenvalue weighted by atomic mass is 9.87. The average molecular weight is 371 g/mol. The Labute approximate surface area is 154 Å². The van der Waals surface area contributed by atoms with Gasteiger partial charge < -0.3 is 9.73 Å². The van der Waals surface area contributed by atoms with Gasteiger partial charge in [0, 0.05) is 11.3 Å². The second-order valence-corrected chi connectivity index (χ2v) is 7.64. The molecule has 136 valence electrons. The molecule has 0 saturated heterocycles. The summed E-state index contributed by atoms with van der Waals surface area (Å²) in [5, 5.41) is 5.88. The molecule has 1 saturated carbocycles. The van der Waals surface area contributed by atoms with E-state index in [4.69, 9.17) is 4.42 Å². The number of nitrogens with one attached hydrogen (secondary N) is 1. The normalized spacial score (nSPS) is 15.4. The predicted molar refractivity (Wildman–Crippen MR) is 100 cm³/mol. The summed E-state index contributed by atoms with van der Waals surface area (Å²) in [6, 6.07) is 7.09. The van der Waals surface area contributed by atoms with E-state index in [1.54, 1.807) is 29.5 Å². The van der Waals surface area contributed by atoms with Crippen molar-refractivity contribution in [3.63, 3.8) is 0 Å². The third-order valence-electron chi connectivity index (χ3n) is 4.91. The largest absolute Gasteiger partial charge is 0.420 e. The van der Waals surface area contributed by atoms with Crippen LogP contribution in [0.3, 0.4) is 0 Å². The first-order valence-corrected chi connectivity index (χ1v) is 9.88. The van der Waals surface area contributed by atoms with Crippen molar-refractivity contribution in [2.24, 2.45) is 0 Å². The van der Waals surface area contributed by atoms with E-state index in [1.807, 2.05) is 6.07 Å². The highest BCUT2D eigenvalue weighted by molar-refractivity contribution is 7.09. The maximum absolute atomic E-state index is 12.3. The molecule has 0 aliphatic heterocycles. The molecular formula is C19H21N3O3S. The van der Waals surface area contributed by atoms with Crippen LogP contribution in [0.15, 0.2) is 38.9 Å². The minimum atomic E-state index is -0.518. The number of hydrogen-bond acceptors (Lipinski definition) is 5. The number of oxazole rings is 1. The van der Waals surface area contributed by atoms with E-state index in [0.717, 1.165) is 10.7 Å². The monoisotopic (exact) mass is 371 g/mol. The summed E-state index contributed by atoms with van der Waals surface area (Å²) in [4.78, 5) is 28.9. The summed E-state index contributed by atoms with van der Waals surface area (Å²) in [6.45, 7) is 0.331. The fraction of sp³-hybridized carbons (Fsp3) is 0.421. The summed E-state index contributed by atoms with van der Waals surface area (Å²) in [5.74, 6) is -0.177. The zero-order valence-electron chi connectivity index (χ0n) is 14.4. The molecule has 7 heteroatoms. The van der Waals surface area contributed by atoms with E-state index in [1.165, 1.54) is 36.7 Å². The first kappa shape index (κ1) is 17.0. The predicted octanol–water partition coefficient (Wildman–Crippen LogP) is 3.42. The van der Waals surface area contributed by atoms with Gasteiger partial charge in [-0.05, 0) is 25.0 Å². The number of para-hydroxylation sites is 2. The minimum absolute atomic E-state index is 0.0588. The molecule has 1 aliphatic carbocycles. The lowest BCUT2D eigenvalue weighted by molar-refractivity contribution is -0.121. The number of thiazole rings is 1. The molecule has 3 aromatic rings. The van der Waals surface area contributed by atoms with Crippen LogP contribution in [0, 0.1) is 0 Å². The van der Waals surface area contributed by atoms with Gasteiger partial charge in [-0.3, -0.25) is 9.36 Å². The quantitative estimate of drug-likeness (QED) is 0.745. The highest BCUT2D eigenvalue weighted by Gasteiger charge is 2.18. The van der Waals surface area contributed by atoms with Gasteiger partial charge >= 0.3 is 5.76 Å². The fourth-order valence-corrected chi connectivity index (χ4v) is 4.35. The topological polar surface area (TPSA) is 77.1 Å². The van der Waals surface area contributed by atoms with E-state index in [0.29, 0.717) is 23.6 Å². The van der Waals surface area contributed by atoms with Gasteiger partial charge in [0.05, 0.1) is 17.8 Å². The van der Waals surface area contributed by atoms with Gasteiger partial charge in [-0.1, -0.05) is 31.4 Å². The van der Waals surface area contributed by atoms with Crippen molar-refractivity contribution in [1.29, 1.82) is 0 Å². The summed E-state index contributed by atoms with van der Waals surface area (Å²) in [6.07, 6.45) is 6.31. The Morgan fingerprint density at radius 2 is 2.08 bits per heavy atom. The van der Waals surface area contributed by atoms with E-state index in [2.05, 4.69) is 15.7 Å². The Kier molecular flexibility index (Phi) is 4.88. The van der Waals surface area contributed by atoms with Crippen molar-refractivity contribution < 1.29 is 9.21 Å². The standard InChI is InChI=1S/C19H21N3O3S/c23-17(11-22-15-8-4-5-9-16(15)25-19(22)24)20-10-18-21-14(12-26-18)13-6-2-1-3-7-13/h4-5,8-9,12-13H,1-3,6-7,10-11H2,(H,20,23). The maximum atomic E-state index is 12.3. The molecule has 0 unspecified atom stereocenters. The van der Waals surface area contributed by atoms with Gasteiger partial charge in [0.2, 0.25) is 5.91 Å². The van der Waals surface area contributed by atoms with Crippen molar-refractivity contribution in [2.45, 2.75) is 51.1 Å². The van der Waals surface area contributed by atoms with Gasteiger partial charge in [-0.15, -0.1) is 11.3 Å². The van der Waals surface area contributed by atoms with Crippen LogP contribution in [0.4, 0.5) is 0 Å². The lowest BCUT2D eigenvalue weighted by Crippen LogP contribution is -2.30. The summed E-state index contributed by atoms with van der Waals surface area (Å²) in [7, 11) is 0. The number of benzene rings is 1. The van der Waals surface area contributed by atoms with Crippen LogP contribution in [0.25, 0.3) is 11.1 Å². The molecule has 1 aliphatic rings. The van der Waals surface area contributed by atoms with Crippen molar-refractivity contribution in [3.8, 4) is 0 Å². The van der Waals surface area contributed by atoms with Crippen molar-refractivity contribution in [3.05, 3.63) is 50.9 Å². The second kappa shape index (κ2) is 7.45. The number of carbonyl (C=O) groups excluding carboxylic acids is 1. The summed E-state index contributed by atoms with van der Waals surface area (Å²) >= 11 is 1.59. The molecule has 4 rings (SSSR count). The third kappa shape index (κ3) is 3.58. The van der Waals surface area contributed by atoms with Gasteiger partial charge in [0.15, 0.2) is 5.58 Å². The van der Waals surface area contributed by atoms with Crippen molar-refractivity contribution in [1.82, 2.24) is 14.9 Å². The van der Waals surface area contributed by atoms with Crippen molar-refractivity contribution in [2.75, 3.05) is 0 Å². The molecule has 0 atom stereocenters. The summed E-state index contributed by atoms with van der Waals surface area (Å²) in [5.41, 5.74) is 2.28. The van der Waals surface area contributed by atoms with Crippen LogP contribution >= 0.6 is 11.3 Å². The molecule has 1 amide bonds. The molecule has 0 spiro atoms. The number of hydrogen-bond donors (Lipinski definition) is 1. The van der Waals surface area contributed by atoms with E-state index in [-0.39, 0.29) is 12.5 Å². The number of amides is 1. The van der Waals surface area contributed by atoms with Gasteiger partial charge in [-0.25, -0.2) is 9.78 Å². The number of aromatic nitrogens is 2. The van der Waals surface area contributed by atoms with Crippen LogP contribution in [-0.4, -0.2) is 15.5 Å². The SMILES string of the molecule is O=C(Cn1c(=O)oc2ccccc21)NCc1nc(C2CCCCC2)cs1. The Morgan fingerprint density at radius 1 is 1.27 bits per heavy atom. The Bertz CT molecular complexity index is 966. The van der Waals surface area contributed by atoms with Crippen LogP contribution in [0.5, 0.6) is 0 Å². The Hall–Kier alpha value is -2.41. The first-order chi connectivity index (χ1) is 12.7. The van der Waals surface area contributed by atoms with E-state index < -0.39 is 5.76 Å². The molecule has 0 bridgehead atoms. The van der Waals surface area contributed by atoms with Crippen LogP contribution in [0.2, 0.25) is 0 Å². The molecule has 1 aromatic carbocycles. The van der Waals surface area contributed by atoms with Crippen LogP contribution in [0.1, 0.15) is 48.7 Å². The molecule has 6 nitrogen and oxygen atoms in total. The smallest absolute Gasteiger partial charge is 0.408 e. The Morgan fingerprint density at radius 3 is 2.92 bits per heavy atom. The molecule has 26 heavy (non-hydrogen) atoms. The fourth-order valence-electron chi connectivity index (χ4n) is 3.53. The molecular weight excluding hydrogens is 350 g/mol. The van der Waals surface area contributed by atoms with Gasteiger partial charge in [0.25, 0.3) is 0 Å². The number of carbonyl (C=O) groups is 1. The van der Waals surface area contributed by atoms with Crippen LogP contribution in [-0.2, 0) is 17.9 Å². The molecule has 2 aromatic heterocycles. The third-order valence-corrected chi connectivity index (χ3v) is 5.77. The average Bonchev–Trinajstić information content (AvgIpc) is 3.26. The summed E-state index contributed by atoms with van der Waals surface area (Å²) < 4.78 is 6.50. The lowest BCUT2D eigenvalue weighted by Gasteiger charge is -2.19. The highest BCUT2D eigenvalue weighted by Crippen LogP contribution is 2.32. The maximum Gasteiger partial charge on any atom is 0.420 e. The van der Waals surface area contributed by atoms with Crippen molar-refractivity contribution >= 4 is 28.3 Å². The number of nitrogens with zero attached hydrogens (tertiary/aromatic N) is 2. The second-order valence-electron chi connectivity index (χ2n) is 6.70. The minimum Gasteiger partial charge on any atom is -0.408 e. The van der Waals surface area contributed by atoms with Gasteiger partial charge in [0.1, 0.15) is 11.6 Å². The van der Waals surface area contributed by atoms with E-state index >= 15 is 0 Å². The molecule has 1 N–H and O–H groups in total. The zero-order valence-corrected chi connectivity index (χ0v) is 15.3. The Balaban J connectivity index is 1.37. The molecule has 0 radical (unpaired) electrons. The molecule has 2 heterocycles. The van der Waals surface area contributed by atoms with E-state index in [9.17, 15) is 9.59 Å². The van der Waals surface area contributed by atoms with Crippen LogP contribution < -0.4 is 11.1 Å². The van der Waals surface area contributed by atoms with Gasteiger partial charge in [-0.2, -0.15) is 0 Å². The number of rotatable bonds is 5. The first-order valence-electron chi connectivity index (χ1n) is 9.00.